The summed E-state index contributed by atoms with van der Waals surface area (Å²) in [5, 5.41) is 2.65. The van der Waals surface area contributed by atoms with Crippen LogP contribution in [-0.4, -0.2) is 42.4 Å². The Bertz CT molecular complexity index is 548. The van der Waals surface area contributed by atoms with Crippen LogP contribution in [0.2, 0.25) is 0 Å². The lowest BCUT2D eigenvalue weighted by atomic mass is 10.1. The second-order valence-corrected chi connectivity index (χ2v) is 5.68. The summed E-state index contributed by atoms with van der Waals surface area (Å²) in [5.41, 5.74) is 6.26. The molecule has 0 spiro atoms. The summed E-state index contributed by atoms with van der Waals surface area (Å²) in [4.78, 5) is 34.9. The number of nitrogens with two attached hydrogens (primary N) is 1. The van der Waals surface area contributed by atoms with E-state index in [0.29, 0.717) is 17.7 Å². The monoisotopic (exact) mass is 324 g/mol. The highest BCUT2D eigenvalue weighted by molar-refractivity contribution is 7.98. The highest BCUT2D eigenvalue weighted by atomic mass is 32.2. The Labute approximate surface area is 133 Å². The van der Waals surface area contributed by atoms with Gasteiger partial charge in [-0.05, 0) is 37.0 Å². The largest absolute Gasteiger partial charge is 0.454 e. The predicted molar refractivity (Wildman–Crippen MR) is 85.6 cm³/mol. The molecule has 22 heavy (non-hydrogen) atoms. The van der Waals surface area contributed by atoms with Gasteiger partial charge in [-0.1, -0.05) is 18.2 Å². The highest BCUT2D eigenvalue weighted by Crippen LogP contribution is 2.09. The number of amides is 2. The average molecular weight is 324 g/mol. The number of carbonyl (C=O) groups is 3. The third kappa shape index (κ3) is 5.77. The van der Waals surface area contributed by atoms with E-state index in [9.17, 15) is 14.4 Å². The summed E-state index contributed by atoms with van der Waals surface area (Å²) >= 11 is 1.55. The van der Waals surface area contributed by atoms with E-state index in [0.717, 1.165) is 5.56 Å². The molecule has 0 heterocycles. The van der Waals surface area contributed by atoms with E-state index in [1.165, 1.54) is 0 Å². The zero-order valence-electron chi connectivity index (χ0n) is 12.6. The molecule has 0 aliphatic rings. The maximum atomic E-state index is 12.3. The van der Waals surface area contributed by atoms with Crippen molar-refractivity contribution in [3.8, 4) is 0 Å². The lowest BCUT2D eigenvalue weighted by Gasteiger charge is -2.17. The van der Waals surface area contributed by atoms with Gasteiger partial charge in [0.1, 0.15) is 6.04 Å². The molecule has 0 bridgehead atoms. The number of hydrogen-bond donors (Lipinski definition) is 2. The van der Waals surface area contributed by atoms with Crippen LogP contribution < -0.4 is 11.1 Å². The Morgan fingerprint density at radius 1 is 1.32 bits per heavy atom. The number of ether oxygens (including phenoxy) is 1. The number of aryl methyl sites for hydroxylation is 1. The topological polar surface area (TPSA) is 98.5 Å². The smallest absolute Gasteiger partial charge is 0.329 e. The molecule has 3 N–H and O–H groups in total. The minimum absolute atomic E-state index is 0.347. The lowest BCUT2D eigenvalue weighted by molar-refractivity contribution is -0.149. The zero-order valence-corrected chi connectivity index (χ0v) is 13.4. The Morgan fingerprint density at radius 2 is 2.00 bits per heavy atom. The van der Waals surface area contributed by atoms with Gasteiger partial charge in [-0.3, -0.25) is 9.59 Å². The molecular formula is C15H20N2O4S. The zero-order chi connectivity index (χ0) is 16.5. The van der Waals surface area contributed by atoms with Crippen LogP contribution in [0, 0.1) is 6.92 Å². The molecule has 120 valence electrons. The van der Waals surface area contributed by atoms with Crippen LogP contribution in [0.1, 0.15) is 22.3 Å². The molecule has 0 radical (unpaired) electrons. The number of benzene rings is 1. The van der Waals surface area contributed by atoms with Crippen LogP contribution in [0.25, 0.3) is 0 Å². The maximum absolute atomic E-state index is 12.3. The first-order chi connectivity index (χ1) is 10.5. The fraction of sp³-hybridized carbons (Fsp3) is 0.400. The second kappa shape index (κ2) is 9.09. The number of esters is 1. The molecule has 1 rings (SSSR count). The van der Waals surface area contributed by atoms with Crippen molar-refractivity contribution in [3.05, 3.63) is 35.4 Å². The summed E-state index contributed by atoms with van der Waals surface area (Å²) in [5.74, 6) is -1.07. The van der Waals surface area contributed by atoms with Gasteiger partial charge in [-0.2, -0.15) is 11.8 Å². The third-order valence-electron chi connectivity index (χ3n) is 2.95. The fourth-order valence-corrected chi connectivity index (χ4v) is 2.26. The minimum Gasteiger partial charge on any atom is -0.454 e. The van der Waals surface area contributed by atoms with Crippen LogP contribution in [-0.2, 0) is 14.3 Å². The average Bonchev–Trinajstić information content (AvgIpc) is 2.49. The van der Waals surface area contributed by atoms with Crippen LogP contribution in [0.3, 0.4) is 0 Å². The first kappa shape index (κ1) is 18.0. The van der Waals surface area contributed by atoms with Crippen molar-refractivity contribution < 1.29 is 19.1 Å². The van der Waals surface area contributed by atoms with Crippen molar-refractivity contribution in [3.63, 3.8) is 0 Å². The Hall–Kier alpha value is -2.02. The van der Waals surface area contributed by atoms with Gasteiger partial charge >= 0.3 is 5.97 Å². The SMILES string of the molecule is CSCC[C@@H](NC(=O)c1ccccc1C)C(=O)OCC(N)=O. The molecule has 0 unspecified atom stereocenters. The van der Waals surface area contributed by atoms with Crippen molar-refractivity contribution in [2.75, 3.05) is 18.6 Å². The van der Waals surface area contributed by atoms with Gasteiger partial charge in [0.05, 0.1) is 0 Å². The molecule has 0 saturated heterocycles. The first-order valence-electron chi connectivity index (χ1n) is 6.76. The standard InChI is InChI=1S/C15H20N2O4S/c1-10-5-3-4-6-11(10)14(19)17-12(7-8-22-2)15(20)21-9-13(16)18/h3-6,12H,7-9H2,1-2H3,(H2,16,18)(H,17,19)/t12-/m1/s1. The molecule has 1 aromatic rings. The Kier molecular flexibility index (Phi) is 7.45. The first-order valence-corrected chi connectivity index (χ1v) is 8.15. The van der Waals surface area contributed by atoms with Gasteiger partial charge in [0.15, 0.2) is 6.61 Å². The summed E-state index contributed by atoms with van der Waals surface area (Å²) in [6.07, 6.45) is 2.31. The van der Waals surface area contributed by atoms with E-state index in [4.69, 9.17) is 10.5 Å². The van der Waals surface area contributed by atoms with Gasteiger partial charge in [0.2, 0.25) is 0 Å². The molecular weight excluding hydrogens is 304 g/mol. The van der Waals surface area contributed by atoms with Gasteiger partial charge in [0, 0.05) is 5.56 Å². The summed E-state index contributed by atoms with van der Waals surface area (Å²) in [7, 11) is 0. The van der Waals surface area contributed by atoms with Gasteiger partial charge < -0.3 is 15.8 Å². The maximum Gasteiger partial charge on any atom is 0.329 e. The predicted octanol–water partition coefficient (Wildman–Crippen LogP) is 0.875. The molecule has 0 aromatic heterocycles. The third-order valence-corrected chi connectivity index (χ3v) is 3.59. The molecule has 0 aliphatic heterocycles. The minimum atomic E-state index is -0.807. The Balaban J connectivity index is 2.75. The van der Waals surface area contributed by atoms with Gasteiger partial charge in [0.25, 0.3) is 11.8 Å². The van der Waals surface area contributed by atoms with Crippen molar-refractivity contribution in [2.24, 2.45) is 5.73 Å². The van der Waals surface area contributed by atoms with Crippen LogP contribution in [0.5, 0.6) is 0 Å². The molecule has 0 saturated carbocycles. The van der Waals surface area contributed by atoms with E-state index in [2.05, 4.69) is 5.32 Å². The van der Waals surface area contributed by atoms with E-state index < -0.39 is 24.5 Å². The van der Waals surface area contributed by atoms with Crippen molar-refractivity contribution >= 4 is 29.5 Å². The van der Waals surface area contributed by atoms with E-state index >= 15 is 0 Å². The van der Waals surface area contributed by atoms with Crippen molar-refractivity contribution in [1.29, 1.82) is 0 Å². The summed E-state index contributed by atoms with van der Waals surface area (Å²) in [6, 6.07) is 6.28. The van der Waals surface area contributed by atoms with Crippen molar-refractivity contribution in [1.82, 2.24) is 5.32 Å². The number of hydrogen-bond acceptors (Lipinski definition) is 5. The van der Waals surface area contributed by atoms with E-state index in [1.54, 1.807) is 23.9 Å². The number of nitrogens with one attached hydrogen (secondary N) is 1. The highest BCUT2D eigenvalue weighted by Gasteiger charge is 2.23. The normalized spacial score (nSPS) is 11.5. The quantitative estimate of drug-likeness (QED) is 0.692. The number of carbonyl (C=O) groups excluding carboxylic acids is 3. The Morgan fingerprint density at radius 3 is 2.59 bits per heavy atom. The molecule has 1 atom stereocenters. The molecule has 1 aromatic carbocycles. The van der Waals surface area contributed by atoms with E-state index in [-0.39, 0.29) is 5.91 Å². The molecule has 2 amide bonds. The second-order valence-electron chi connectivity index (χ2n) is 4.70. The number of primary amides is 1. The van der Waals surface area contributed by atoms with Gasteiger partial charge in [-0.15, -0.1) is 0 Å². The molecule has 6 nitrogen and oxygen atoms in total. The van der Waals surface area contributed by atoms with Crippen LogP contribution in [0.15, 0.2) is 24.3 Å². The molecule has 0 aliphatic carbocycles. The molecule has 7 heteroatoms. The van der Waals surface area contributed by atoms with Gasteiger partial charge in [-0.25, -0.2) is 4.79 Å². The number of thioether (sulfide) groups is 1. The summed E-state index contributed by atoms with van der Waals surface area (Å²) in [6.45, 7) is 1.33. The van der Waals surface area contributed by atoms with Crippen LogP contribution in [0.4, 0.5) is 0 Å². The van der Waals surface area contributed by atoms with Crippen LogP contribution >= 0.6 is 11.8 Å². The van der Waals surface area contributed by atoms with Crippen molar-refractivity contribution in [2.45, 2.75) is 19.4 Å². The lowest BCUT2D eigenvalue weighted by Crippen LogP contribution is -2.43. The van der Waals surface area contributed by atoms with E-state index in [1.807, 2.05) is 25.3 Å². The molecule has 0 fully saturated rings. The fourth-order valence-electron chi connectivity index (χ4n) is 1.79. The summed E-state index contributed by atoms with van der Waals surface area (Å²) < 4.78 is 4.79. The number of rotatable bonds is 8.